The normalized spacial score (nSPS) is 16.9. The van der Waals surface area contributed by atoms with Crippen LogP contribution in [0.5, 0.6) is 5.75 Å². The van der Waals surface area contributed by atoms with Crippen LogP contribution in [-0.4, -0.2) is 57.5 Å². The number of piperidine rings is 1. The number of carbonyl (C=O) groups is 3. The molecule has 0 radical (unpaired) electrons. The third kappa shape index (κ3) is 7.13. The van der Waals surface area contributed by atoms with E-state index < -0.39 is 18.5 Å². The summed E-state index contributed by atoms with van der Waals surface area (Å²) >= 11 is 9.20. The second-order valence-electron chi connectivity index (χ2n) is 9.86. The molecule has 2 heterocycles. The highest BCUT2D eigenvalue weighted by atomic mass is 35.5. The Bertz CT molecular complexity index is 1380. The van der Waals surface area contributed by atoms with Crippen LogP contribution in [0.3, 0.4) is 0 Å². The fourth-order valence-electron chi connectivity index (χ4n) is 4.62. The number of rotatable bonds is 11. The smallest absolute Gasteiger partial charge is 0.349 e. The van der Waals surface area contributed by atoms with Crippen molar-refractivity contribution in [3.05, 3.63) is 69.6 Å². The van der Waals surface area contributed by atoms with Gasteiger partial charge in [0.25, 0.3) is 0 Å². The SMILES string of the molecule is CC1(C)CC(Nc2cccc(-c3sc(C(=O)O)c(OCC(=O)O)c3Cl)c2)CCN1SCc1cccc(C=O)c1. The molecule has 0 aliphatic carbocycles. The minimum Gasteiger partial charge on any atom is -0.479 e. The van der Waals surface area contributed by atoms with E-state index >= 15 is 0 Å². The van der Waals surface area contributed by atoms with E-state index in [0.29, 0.717) is 16.0 Å². The van der Waals surface area contributed by atoms with Gasteiger partial charge in [0.15, 0.2) is 17.2 Å². The van der Waals surface area contributed by atoms with Crippen molar-refractivity contribution in [2.75, 3.05) is 18.5 Å². The molecular weight excluding hydrogens is 560 g/mol. The number of nitrogens with one attached hydrogen (secondary N) is 1. The van der Waals surface area contributed by atoms with Crippen molar-refractivity contribution >= 4 is 58.8 Å². The molecule has 0 bridgehead atoms. The zero-order valence-corrected chi connectivity index (χ0v) is 23.9. The maximum atomic E-state index is 11.7. The maximum absolute atomic E-state index is 11.7. The second kappa shape index (κ2) is 12.4. The molecule has 1 aliphatic rings. The molecule has 1 atom stereocenters. The lowest BCUT2D eigenvalue weighted by Crippen LogP contribution is -2.49. The first-order valence-corrected chi connectivity index (χ1v) is 14.4. The average molecular weight is 589 g/mol. The minimum absolute atomic E-state index is 0.0652. The lowest BCUT2D eigenvalue weighted by atomic mass is 9.89. The first-order chi connectivity index (χ1) is 18.6. The number of hydrogen-bond donors (Lipinski definition) is 3. The maximum Gasteiger partial charge on any atom is 0.349 e. The quantitative estimate of drug-likeness (QED) is 0.169. The summed E-state index contributed by atoms with van der Waals surface area (Å²) in [5.74, 6) is -1.79. The van der Waals surface area contributed by atoms with Crippen molar-refractivity contribution in [1.82, 2.24) is 4.31 Å². The van der Waals surface area contributed by atoms with E-state index in [0.717, 1.165) is 54.0 Å². The molecule has 0 amide bonds. The Balaban J connectivity index is 1.43. The van der Waals surface area contributed by atoms with Crippen LogP contribution in [0.1, 0.15) is 52.3 Å². The third-order valence-corrected chi connectivity index (χ3v) is 9.55. The first kappa shape index (κ1) is 28.9. The van der Waals surface area contributed by atoms with Crippen molar-refractivity contribution < 1.29 is 29.3 Å². The molecule has 0 saturated carbocycles. The van der Waals surface area contributed by atoms with Gasteiger partial charge in [-0.15, -0.1) is 11.3 Å². The predicted molar refractivity (Wildman–Crippen MR) is 155 cm³/mol. The molecular formula is C28H29ClN2O6S2. The number of ether oxygens (including phenoxy) is 1. The number of hydrogen-bond acceptors (Lipinski definition) is 8. The number of aliphatic carboxylic acids is 1. The fourth-order valence-corrected chi connectivity index (χ4v) is 7.17. The Labute approximate surface area is 240 Å². The molecule has 1 saturated heterocycles. The lowest BCUT2D eigenvalue weighted by Gasteiger charge is -2.45. The number of nitrogens with zero attached hydrogens (tertiary/aromatic N) is 1. The molecule has 4 rings (SSSR count). The number of anilines is 1. The van der Waals surface area contributed by atoms with E-state index in [2.05, 4.69) is 23.5 Å². The number of carboxylic acids is 2. The molecule has 8 nitrogen and oxygen atoms in total. The molecule has 0 spiro atoms. The van der Waals surface area contributed by atoms with Crippen LogP contribution in [-0.2, 0) is 10.5 Å². The van der Waals surface area contributed by atoms with Crippen LogP contribution in [0, 0.1) is 0 Å². The van der Waals surface area contributed by atoms with E-state index in [1.807, 2.05) is 42.5 Å². The van der Waals surface area contributed by atoms with Crippen LogP contribution < -0.4 is 10.1 Å². The van der Waals surface area contributed by atoms with Gasteiger partial charge in [-0.05, 0) is 56.0 Å². The van der Waals surface area contributed by atoms with Gasteiger partial charge in [0.05, 0.1) is 4.88 Å². The zero-order chi connectivity index (χ0) is 28.2. The van der Waals surface area contributed by atoms with E-state index in [1.165, 1.54) is 0 Å². The van der Waals surface area contributed by atoms with Gasteiger partial charge in [-0.2, -0.15) is 0 Å². The fraction of sp³-hybridized carbons (Fsp3) is 0.321. The molecule has 1 unspecified atom stereocenters. The largest absolute Gasteiger partial charge is 0.479 e. The summed E-state index contributed by atoms with van der Waals surface area (Å²) in [5.41, 5.74) is 3.34. The number of thiophene rings is 1. The van der Waals surface area contributed by atoms with Crippen molar-refractivity contribution in [2.24, 2.45) is 0 Å². The van der Waals surface area contributed by atoms with Crippen molar-refractivity contribution in [2.45, 2.75) is 44.0 Å². The highest BCUT2D eigenvalue weighted by Gasteiger charge is 2.35. The minimum atomic E-state index is -1.23. The summed E-state index contributed by atoms with van der Waals surface area (Å²) in [6, 6.07) is 15.5. The Kier molecular flexibility index (Phi) is 9.22. The summed E-state index contributed by atoms with van der Waals surface area (Å²) in [6.45, 7) is 4.66. The summed E-state index contributed by atoms with van der Waals surface area (Å²) in [7, 11) is 0. The van der Waals surface area contributed by atoms with Crippen LogP contribution in [0.15, 0.2) is 48.5 Å². The first-order valence-electron chi connectivity index (χ1n) is 12.3. The van der Waals surface area contributed by atoms with E-state index in [4.69, 9.17) is 21.4 Å². The van der Waals surface area contributed by atoms with Crippen LogP contribution in [0.25, 0.3) is 10.4 Å². The van der Waals surface area contributed by atoms with Crippen LogP contribution in [0.4, 0.5) is 5.69 Å². The molecule has 1 aliphatic heterocycles. The standard InChI is InChI=1S/C28H29ClN2O6S2/c1-28(2)13-21(9-10-31(28)38-16-18-6-3-5-17(11-18)14-32)30-20-8-4-7-19(12-20)25-23(29)24(37-15-22(33)34)26(39-25)27(35)36/h3-8,11-12,14,21,30H,9-10,13,15-16H2,1-2H3,(H,33,34)(H,35,36). The van der Waals surface area contributed by atoms with Crippen molar-refractivity contribution in [1.29, 1.82) is 0 Å². The van der Waals surface area contributed by atoms with Gasteiger partial charge in [0.1, 0.15) is 11.3 Å². The van der Waals surface area contributed by atoms with Gasteiger partial charge in [-0.1, -0.05) is 53.9 Å². The van der Waals surface area contributed by atoms with Crippen molar-refractivity contribution in [3.8, 4) is 16.2 Å². The number of halogens is 1. The molecule has 206 valence electrons. The third-order valence-electron chi connectivity index (χ3n) is 6.41. The van der Waals surface area contributed by atoms with Gasteiger partial charge in [0.2, 0.25) is 0 Å². The molecule has 1 aromatic heterocycles. The number of benzene rings is 2. The molecule has 11 heteroatoms. The van der Waals surface area contributed by atoms with Crippen LogP contribution >= 0.6 is 34.9 Å². The Morgan fingerprint density at radius 2 is 2.00 bits per heavy atom. The van der Waals surface area contributed by atoms with Gasteiger partial charge in [-0.3, -0.25) is 4.79 Å². The van der Waals surface area contributed by atoms with Gasteiger partial charge < -0.3 is 20.3 Å². The van der Waals surface area contributed by atoms with Gasteiger partial charge >= 0.3 is 11.9 Å². The summed E-state index contributed by atoms with van der Waals surface area (Å²) in [5, 5.41) is 22.2. The van der Waals surface area contributed by atoms with E-state index in [1.54, 1.807) is 18.0 Å². The monoisotopic (exact) mass is 588 g/mol. The Morgan fingerprint density at radius 3 is 2.69 bits per heavy atom. The number of aromatic carboxylic acids is 1. The van der Waals surface area contributed by atoms with Crippen molar-refractivity contribution in [3.63, 3.8) is 0 Å². The van der Waals surface area contributed by atoms with Gasteiger partial charge in [0, 0.05) is 35.1 Å². The number of aldehydes is 1. The topological polar surface area (TPSA) is 116 Å². The molecule has 2 aromatic carbocycles. The Morgan fingerprint density at radius 1 is 1.23 bits per heavy atom. The molecule has 3 aromatic rings. The molecule has 1 fully saturated rings. The van der Waals surface area contributed by atoms with Crippen LogP contribution in [0.2, 0.25) is 5.02 Å². The molecule has 39 heavy (non-hydrogen) atoms. The van der Waals surface area contributed by atoms with Gasteiger partial charge in [-0.25, -0.2) is 13.9 Å². The molecule has 3 N–H and O–H groups in total. The predicted octanol–water partition coefficient (Wildman–Crippen LogP) is 6.55. The summed E-state index contributed by atoms with van der Waals surface area (Å²) in [4.78, 5) is 34.1. The lowest BCUT2D eigenvalue weighted by molar-refractivity contribution is -0.139. The highest BCUT2D eigenvalue weighted by molar-refractivity contribution is 7.96. The summed E-state index contributed by atoms with van der Waals surface area (Å²) in [6.07, 6.45) is 2.72. The number of carboxylic acid groups (broad SMARTS) is 2. The highest BCUT2D eigenvalue weighted by Crippen LogP contribution is 2.46. The average Bonchev–Trinajstić information content (AvgIpc) is 3.23. The zero-order valence-electron chi connectivity index (χ0n) is 21.5. The summed E-state index contributed by atoms with van der Waals surface area (Å²) < 4.78 is 7.61. The van der Waals surface area contributed by atoms with E-state index in [-0.39, 0.29) is 27.2 Å². The Hall–Kier alpha value is -3.05. The number of carbonyl (C=O) groups excluding carboxylic acids is 1. The van der Waals surface area contributed by atoms with E-state index in [9.17, 15) is 19.5 Å². The second-order valence-corrected chi connectivity index (χ2v) is 12.2.